The number of pyridine rings is 1. The SMILES string of the molecule is Cc1ccc(=NC(=O)C2(c3ccc4c(c3)OC(F)(F)O4)CC2)n(O)c1. The molecule has 1 aromatic heterocycles. The average molecular weight is 348 g/mol. The summed E-state index contributed by atoms with van der Waals surface area (Å²) in [5.41, 5.74) is 0.576. The van der Waals surface area contributed by atoms with E-state index in [9.17, 15) is 18.8 Å². The first-order chi connectivity index (χ1) is 11.8. The van der Waals surface area contributed by atoms with Crippen LogP contribution in [0.1, 0.15) is 24.0 Å². The van der Waals surface area contributed by atoms with Crippen LogP contribution in [-0.2, 0) is 10.2 Å². The summed E-state index contributed by atoms with van der Waals surface area (Å²) in [7, 11) is 0. The van der Waals surface area contributed by atoms with Crippen LogP contribution in [0.5, 0.6) is 11.5 Å². The van der Waals surface area contributed by atoms with Crippen LogP contribution in [0.2, 0.25) is 0 Å². The lowest BCUT2D eigenvalue weighted by molar-refractivity contribution is -0.286. The average Bonchev–Trinajstić information content (AvgIpc) is 3.27. The molecule has 25 heavy (non-hydrogen) atoms. The zero-order chi connectivity index (χ0) is 17.8. The lowest BCUT2D eigenvalue weighted by Crippen LogP contribution is -2.26. The Balaban J connectivity index is 1.68. The van der Waals surface area contributed by atoms with E-state index in [-0.39, 0.29) is 17.0 Å². The molecular formula is C17H14F2N2O4. The minimum atomic E-state index is -3.70. The van der Waals surface area contributed by atoms with Crippen molar-refractivity contribution >= 4 is 5.91 Å². The molecule has 2 heterocycles. The third-order valence-corrected chi connectivity index (χ3v) is 4.39. The quantitative estimate of drug-likeness (QED) is 0.847. The van der Waals surface area contributed by atoms with Crippen molar-refractivity contribution in [2.45, 2.75) is 31.5 Å². The normalized spacial score (nSPS) is 19.7. The summed E-state index contributed by atoms with van der Waals surface area (Å²) in [6.07, 6.45) is -1.17. The zero-order valence-electron chi connectivity index (χ0n) is 13.2. The summed E-state index contributed by atoms with van der Waals surface area (Å²) in [6.45, 7) is 1.79. The molecule has 1 fully saturated rings. The monoisotopic (exact) mass is 348 g/mol. The molecule has 0 radical (unpaired) electrons. The van der Waals surface area contributed by atoms with Crippen LogP contribution >= 0.6 is 0 Å². The minimum Gasteiger partial charge on any atom is -0.427 e. The predicted molar refractivity (Wildman–Crippen MR) is 80.5 cm³/mol. The van der Waals surface area contributed by atoms with Crippen molar-refractivity contribution in [1.82, 2.24) is 4.73 Å². The van der Waals surface area contributed by atoms with Gasteiger partial charge in [-0.2, -0.15) is 9.72 Å². The second-order valence-corrected chi connectivity index (χ2v) is 6.24. The van der Waals surface area contributed by atoms with Gasteiger partial charge < -0.3 is 14.7 Å². The fraction of sp³-hybridized carbons (Fsp3) is 0.294. The van der Waals surface area contributed by atoms with E-state index in [1.807, 2.05) is 0 Å². The van der Waals surface area contributed by atoms with Gasteiger partial charge in [-0.25, -0.2) is 0 Å². The molecule has 0 bridgehead atoms. The topological polar surface area (TPSA) is 73.0 Å². The van der Waals surface area contributed by atoms with Crippen LogP contribution in [-0.4, -0.2) is 22.1 Å². The van der Waals surface area contributed by atoms with Crippen LogP contribution in [0, 0.1) is 6.92 Å². The summed E-state index contributed by atoms with van der Waals surface area (Å²) in [5.74, 6) is -0.611. The van der Waals surface area contributed by atoms with Crippen LogP contribution in [0.4, 0.5) is 8.78 Å². The number of halogens is 2. The van der Waals surface area contributed by atoms with Gasteiger partial charge in [-0.3, -0.25) is 4.79 Å². The molecule has 1 aliphatic carbocycles. The van der Waals surface area contributed by atoms with Crippen LogP contribution in [0.3, 0.4) is 0 Å². The van der Waals surface area contributed by atoms with E-state index in [1.54, 1.807) is 19.1 Å². The lowest BCUT2D eigenvalue weighted by Gasteiger charge is -2.12. The highest BCUT2D eigenvalue weighted by atomic mass is 19.3. The maximum absolute atomic E-state index is 13.1. The Morgan fingerprint density at radius 3 is 2.60 bits per heavy atom. The number of ether oxygens (including phenoxy) is 2. The van der Waals surface area contributed by atoms with E-state index in [1.165, 1.54) is 24.4 Å². The lowest BCUT2D eigenvalue weighted by atomic mass is 9.95. The Hall–Kier alpha value is -2.90. The van der Waals surface area contributed by atoms with Gasteiger partial charge in [0.05, 0.1) is 5.41 Å². The summed E-state index contributed by atoms with van der Waals surface area (Å²) < 4.78 is 35.9. The number of alkyl halides is 2. The Morgan fingerprint density at radius 1 is 1.20 bits per heavy atom. The highest BCUT2D eigenvalue weighted by Gasteiger charge is 2.52. The van der Waals surface area contributed by atoms with Crippen LogP contribution < -0.4 is 15.0 Å². The second kappa shape index (κ2) is 5.05. The van der Waals surface area contributed by atoms with Gasteiger partial charge in [0.25, 0.3) is 5.91 Å². The van der Waals surface area contributed by atoms with Gasteiger partial charge in [-0.05, 0) is 49.1 Å². The molecule has 1 amide bonds. The highest BCUT2D eigenvalue weighted by Crippen LogP contribution is 2.52. The van der Waals surface area contributed by atoms with Crippen molar-refractivity contribution in [3.63, 3.8) is 0 Å². The fourth-order valence-corrected chi connectivity index (χ4v) is 2.88. The van der Waals surface area contributed by atoms with Gasteiger partial charge in [-0.1, -0.05) is 12.1 Å². The molecule has 1 saturated carbocycles. The van der Waals surface area contributed by atoms with Gasteiger partial charge in [0, 0.05) is 6.20 Å². The molecule has 0 spiro atoms. The van der Waals surface area contributed by atoms with Crippen molar-refractivity contribution in [1.29, 1.82) is 0 Å². The number of aryl methyl sites for hydroxylation is 1. The van der Waals surface area contributed by atoms with E-state index >= 15 is 0 Å². The fourth-order valence-electron chi connectivity index (χ4n) is 2.88. The maximum atomic E-state index is 13.1. The van der Waals surface area contributed by atoms with Gasteiger partial charge in [0.2, 0.25) is 0 Å². The Morgan fingerprint density at radius 2 is 1.92 bits per heavy atom. The number of rotatable bonds is 2. The second-order valence-electron chi connectivity index (χ2n) is 6.24. The van der Waals surface area contributed by atoms with Crippen molar-refractivity contribution in [2.24, 2.45) is 4.99 Å². The van der Waals surface area contributed by atoms with E-state index in [0.717, 1.165) is 10.3 Å². The smallest absolute Gasteiger partial charge is 0.427 e. The third-order valence-electron chi connectivity index (χ3n) is 4.39. The van der Waals surface area contributed by atoms with Crippen molar-refractivity contribution in [2.75, 3.05) is 0 Å². The van der Waals surface area contributed by atoms with Crippen LogP contribution in [0.25, 0.3) is 0 Å². The Labute approximate surface area is 140 Å². The highest BCUT2D eigenvalue weighted by molar-refractivity contribution is 5.92. The molecule has 6 nitrogen and oxygen atoms in total. The summed E-state index contributed by atoms with van der Waals surface area (Å²) >= 11 is 0. The number of nitrogens with zero attached hydrogens (tertiary/aromatic N) is 2. The number of amides is 1. The minimum absolute atomic E-state index is 0.0688. The largest absolute Gasteiger partial charge is 0.586 e. The van der Waals surface area contributed by atoms with Crippen molar-refractivity contribution < 1.29 is 28.3 Å². The Bertz CT molecular complexity index is 948. The molecular weight excluding hydrogens is 334 g/mol. The standard InChI is InChI=1S/C17H14F2N2O4/c1-10-2-5-14(21(23)9-10)20-15(22)16(6-7-16)11-3-4-12-13(8-11)25-17(18,19)24-12/h2-5,8-9,23H,6-7H2,1H3. The number of hydrogen-bond acceptors (Lipinski definition) is 4. The maximum Gasteiger partial charge on any atom is 0.586 e. The number of benzene rings is 1. The molecule has 4 rings (SSSR count). The first-order valence-corrected chi connectivity index (χ1v) is 7.67. The zero-order valence-corrected chi connectivity index (χ0v) is 13.2. The van der Waals surface area contributed by atoms with Crippen LogP contribution in [0.15, 0.2) is 41.5 Å². The van der Waals surface area contributed by atoms with Crippen molar-refractivity contribution in [3.8, 4) is 11.5 Å². The molecule has 1 aromatic carbocycles. The number of aromatic nitrogens is 1. The molecule has 0 atom stereocenters. The molecule has 130 valence electrons. The van der Waals surface area contributed by atoms with E-state index in [4.69, 9.17) is 0 Å². The molecule has 0 saturated heterocycles. The van der Waals surface area contributed by atoms with E-state index in [0.29, 0.717) is 18.4 Å². The molecule has 1 aliphatic heterocycles. The van der Waals surface area contributed by atoms with E-state index in [2.05, 4.69) is 14.5 Å². The van der Waals surface area contributed by atoms with Gasteiger partial charge >= 0.3 is 6.29 Å². The van der Waals surface area contributed by atoms with E-state index < -0.39 is 17.6 Å². The molecule has 2 aromatic rings. The first-order valence-electron chi connectivity index (χ1n) is 7.67. The van der Waals surface area contributed by atoms with Gasteiger partial charge in [0.1, 0.15) is 0 Å². The van der Waals surface area contributed by atoms with Gasteiger partial charge in [-0.15, -0.1) is 8.78 Å². The third kappa shape index (κ3) is 2.63. The number of carbonyl (C=O) groups excluding carboxylic acids is 1. The van der Waals surface area contributed by atoms with Crippen molar-refractivity contribution in [3.05, 3.63) is 53.1 Å². The molecule has 2 aliphatic rings. The summed E-state index contributed by atoms with van der Waals surface area (Å²) in [6, 6.07) is 7.56. The number of fused-ring (bicyclic) bond motifs is 1. The first kappa shape index (κ1) is 15.6. The Kier molecular flexibility index (Phi) is 3.15. The van der Waals surface area contributed by atoms with Gasteiger partial charge in [0.15, 0.2) is 17.0 Å². The summed E-state index contributed by atoms with van der Waals surface area (Å²) in [5, 5.41) is 9.83. The number of hydrogen-bond donors (Lipinski definition) is 1. The summed E-state index contributed by atoms with van der Waals surface area (Å²) in [4.78, 5) is 16.6. The molecule has 0 unspecified atom stereocenters. The predicted octanol–water partition coefficient (Wildman–Crippen LogP) is 2.51. The number of carbonyl (C=O) groups is 1. The molecule has 8 heteroatoms. The molecule has 1 N–H and O–H groups in total.